The van der Waals surface area contributed by atoms with Gasteiger partial charge < -0.3 is 0 Å². The highest BCUT2D eigenvalue weighted by Gasteiger charge is 2.15. The minimum absolute atomic E-state index is 0.131. The van der Waals surface area contributed by atoms with Gasteiger partial charge in [0.15, 0.2) is 5.52 Å². The summed E-state index contributed by atoms with van der Waals surface area (Å²) in [6.07, 6.45) is 0. The normalized spacial score (nSPS) is 11.1. The molecule has 0 aliphatic rings. The lowest BCUT2D eigenvalue weighted by molar-refractivity contribution is 0.108. The number of carbonyl (C=O) groups excluding carboxylic acids is 1. The fraction of sp³-hybridized carbons (Fsp3) is 0.136. The number of carbonyl (C=O) groups is 1. The van der Waals surface area contributed by atoms with Gasteiger partial charge >= 0.3 is 0 Å². The number of hydrogen-bond donors (Lipinski definition) is 0. The zero-order valence-corrected chi connectivity index (χ0v) is 15.3. The predicted octanol–water partition coefficient (Wildman–Crippen LogP) is 5.42. The van der Waals surface area contributed by atoms with E-state index in [1.807, 2.05) is 44.2 Å². The molecular weight excluding hydrogens is 311 g/mol. The molecule has 2 heteroatoms. The van der Waals surface area contributed by atoms with Crippen LogP contribution in [-0.2, 0) is 0 Å². The molecule has 0 saturated carbocycles. The Balaban J connectivity index is 1.97. The van der Waals surface area contributed by atoms with E-state index in [0.717, 1.165) is 33.1 Å². The van der Waals surface area contributed by atoms with Gasteiger partial charge in [-0.2, -0.15) is 0 Å². The highest BCUT2D eigenvalue weighted by atomic mass is 31.1. The van der Waals surface area contributed by atoms with Crippen LogP contribution in [0.25, 0.3) is 11.1 Å². The van der Waals surface area contributed by atoms with E-state index in [0.29, 0.717) is 0 Å². The highest BCUT2D eigenvalue weighted by molar-refractivity contribution is 7.66. The van der Waals surface area contributed by atoms with E-state index < -0.39 is 0 Å². The van der Waals surface area contributed by atoms with Crippen LogP contribution in [0.3, 0.4) is 0 Å². The Bertz CT molecular complexity index is 858. The van der Waals surface area contributed by atoms with E-state index in [2.05, 4.69) is 43.3 Å². The van der Waals surface area contributed by atoms with Crippen molar-refractivity contribution in [1.82, 2.24) is 0 Å². The maximum atomic E-state index is 13.0. The molecule has 0 saturated heterocycles. The van der Waals surface area contributed by atoms with Crippen molar-refractivity contribution < 1.29 is 4.79 Å². The average Bonchev–Trinajstić information content (AvgIpc) is 2.55. The summed E-state index contributed by atoms with van der Waals surface area (Å²) in [5.41, 5.74) is 6.74. The van der Waals surface area contributed by atoms with E-state index in [1.165, 1.54) is 5.56 Å². The largest absolute Gasteiger partial charge is 0.289 e. The third-order valence-corrected chi connectivity index (χ3v) is 5.35. The topological polar surface area (TPSA) is 17.1 Å². The first kappa shape index (κ1) is 16.6. The summed E-state index contributed by atoms with van der Waals surface area (Å²) in [5, 5.41) is 1.10. The third kappa shape index (κ3) is 3.47. The van der Waals surface area contributed by atoms with Gasteiger partial charge in [0.05, 0.1) is 0 Å². The molecule has 0 bridgehead atoms. The van der Waals surface area contributed by atoms with Gasteiger partial charge in [-0.25, -0.2) is 0 Å². The van der Waals surface area contributed by atoms with Crippen molar-refractivity contribution in [3.63, 3.8) is 0 Å². The lowest BCUT2D eigenvalue weighted by Crippen LogP contribution is -2.07. The molecule has 24 heavy (non-hydrogen) atoms. The van der Waals surface area contributed by atoms with Crippen LogP contribution in [0.15, 0.2) is 66.7 Å². The average molecular weight is 332 g/mol. The summed E-state index contributed by atoms with van der Waals surface area (Å²) in [6, 6.07) is 22.7. The molecule has 0 radical (unpaired) electrons. The Morgan fingerprint density at radius 1 is 0.792 bits per heavy atom. The molecule has 0 aliphatic heterocycles. The van der Waals surface area contributed by atoms with Gasteiger partial charge in [-0.05, 0) is 56.9 Å². The molecule has 0 aliphatic carbocycles. The Kier molecular flexibility index (Phi) is 4.92. The molecule has 1 nitrogen and oxygen atoms in total. The molecule has 0 amide bonds. The smallest absolute Gasteiger partial charge is 0.186 e. The summed E-state index contributed by atoms with van der Waals surface area (Å²) in [4.78, 5) is 13.0. The summed E-state index contributed by atoms with van der Waals surface area (Å²) < 4.78 is 0. The fourth-order valence-corrected chi connectivity index (χ4v) is 4.49. The van der Waals surface area contributed by atoms with E-state index in [-0.39, 0.29) is 14.1 Å². The summed E-state index contributed by atoms with van der Waals surface area (Å²) >= 11 is 0. The molecular formula is C22H21OP. The fourth-order valence-electron chi connectivity index (χ4n) is 3.18. The van der Waals surface area contributed by atoms with Crippen molar-refractivity contribution in [3.8, 4) is 11.1 Å². The molecule has 1 unspecified atom stereocenters. The van der Waals surface area contributed by atoms with Gasteiger partial charge in [-0.1, -0.05) is 72.3 Å². The minimum Gasteiger partial charge on any atom is -0.289 e. The van der Waals surface area contributed by atoms with E-state index in [9.17, 15) is 4.79 Å². The highest BCUT2D eigenvalue weighted by Crippen LogP contribution is 2.29. The first-order valence-electron chi connectivity index (χ1n) is 8.10. The first-order chi connectivity index (χ1) is 11.6. The molecule has 0 fully saturated rings. The standard InChI is InChI=1S/C22H21OP/c1-15-13-16(2)21(17(3)14-15)22(23)24-20-12-8-7-11-19(20)18-9-5-4-6-10-18/h4-14,24H,1-3H3. The SMILES string of the molecule is Cc1cc(C)c(C(=O)Pc2ccccc2-c2ccccc2)c(C)c1. The second kappa shape index (κ2) is 7.11. The van der Waals surface area contributed by atoms with Crippen LogP contribution in [-0.4, -0.2) is 5.52 Å². The zero-order chi connectivity index (χ0) is 17.1. The number of aryl methyl sites for hydroxylation is 3. The summed E-state index contributed by atoms with van der Waals surface area (Å²) in [6.45, 7) is 6.13. The maximum Gasteiger partial charge on any atom is 0.186 e. The van der Waals surface area contributed by atoms with Gasteiger partial charge in [0, 0.05) is 5.56 Å². The van der Waals surface area contributed by atoms with Gasteiger partial charge in [0.25, 0.3) is 0 Å². The summed E-state index contributed by atoms with van der Waals surface area (Å²) in [5.74, 6) is 0. The molecule has 1 atom stereocenters. The van der Waals surface area contributed by atoms with Crippen LogP contribution in [0.4, 0.5) is 0 Å². The predicted molar refractivity (Wildman–Crippen MR) is 105 cm³/mol. The Morgan fingerprint density at radius 3 is 2.04 bits per heavy atom. The van der Waals surface area contributed by atoms with Crippen LogP contribution >= 0.6 is 8.58 Å². The van der Waals surface area contributed by atoms with Crippen molar-refractivity contribution in [2.45, 2.75) is 20.8 Å². The van der Waals surface area contributed by atoms with Crippen molar-refractivity contribution >= 4 is 19.4 Å². The van der Waals surface area contributed by atoms with Gasteiger partial charge in [0.2, 0.25) is 0 Å². The van der Waals surface area contributed by atoms with E-state index in [4.69, 9.17) is 0 Å². The van der Waals surface area contributed by atoms with E-state index in [1.54, 1.807) is 0 Å². The van der Waals surface area contributed by atoms with Crippen LogP contribution in [0.1, 0.15) is 27.0 Å². The van der Waals surface area contributed by atoms with Crippen LogP contribution in [0, 0.1) is 20.8 Å². The van der Waals surface area contributed by atoms with Crippen LogP contribution < -0.4 is 5.30 Å². The number of benzene rings is 3. The minimum atomic E-state index is 0.131. The molecule has 3 aromatic rings. The van der Waals surface area contributed by atoms with Crippen LogP contribution in [0.5, 0.6) is 0 Å². The Morgan fingerprint density at radius 2 is 1.38 bits per heavy atom. The van der Waals surface area contributed by atoms with Gasteiger partial charge in [0.1, 0.15) is 0 Å². The number of hydrogen-bond acceptors (Lipinski definition) is 1. The van der Waals surface area contributed by atoms with Crippen molar-refractivity contribution in [2.24, 2.45) is 0 Å². The second-order valence-corrected chi connectivity index (χ2v) is 7.38. The monoisotopic (exact) mass is 332 g/mol. The second-order valence-electron chi connectivity index (χ2n) is 6.14. The molecule has 0 spiro atoms. The molecule has 3 rings (SSSR count). The molecule has 3 aromatic carbocycles. The Labute approximate surface area is 145 Å². The van der Waals surface area contributed by atoms with Crippen molar-refractivity contribution in [2.75, 3.05) is 0 Å². The van der Waals surface area contributed by atoms with Crippen LogP contribution in [0.2, 0.25) is 0 Å². The van der Waals surface area contributed by atoms with Crippen molar-refractivity contribution in [3.05, 3.63) is 89.0 Å². The Hall–Kier alpha value is -2.24. The lowest BCUT2D eigenvalue weighted by Gasteiger charge is -2.13. The molecule has 0 aromatic heterocycles. The molecule has 0 N–H and O–H groups in total. The lowest BCUT2D eigenvalue weighted by atomic mass is 10.0. The quantitative estimate of drug-likeness (QED) is 0.583. The maximum absolute atomic E-state index is 13.0. The number of rotatable bonds is 4. The zero-order valence-electron chi connectivity index (χ0n) is 14.3. The molecule has 120 valence electrons. The first-order valence-corrected chi connectivity index (χ1v) is 9.10. The summed E-state index contributed by atoms with van der Waals surface area (Å²) in [7, 11) is 0.131. The van der Waals surface area contributed by atoms with Crippen molar-refractivity contribution in [1.29, 1.82) is 0 Å². The van der Waals surface area contributed by atoms with Gasteiger partial charge in [-0.3, -0.25) is 4.79 Å². The third-order valence-electron chi connectivity index (χ3n) is 4.16. The molecule has 0 heterocycles. The van der Waals surface area contributed by atoms with Gasteiger partial charge in [-0.15, -0.1) is 0 Å². The van der Waals surface area contributed by atoms with E-state index >= 15 is 0 Å².